The predicted octanol–water partition coefficient (Wildman–Crippen LogP) is 1.95. The van der Waals surface area contributed by atoms with Gasteiger partial charge in [-0.25, -0.2) is 4.98 Å². The van der Waals surface area contributed by atoms with Crippen molar-refractivity contribution in [1.82, 2.24) is 20.2 Å². The van der Waals surface area contributed by atoms with Gasteiger partial charge in [0, 0.05) is 20.0 Å². The third-order valence-corrected chi connectivity index (χ3v) is 4.38. The summed E-state index contributed by atoms with van der Waals surface area (Å²) in [5.41, 5.74) is 1.99. The first kappa shape index (κ1) is 16.2. The Morgan fingerprint density at radius 1 is 1.33 bits per heavy atom. The highest BCUT2D eigenvalue weighted by molar-refractivity contribution is 5.80. The summed E-state index contributed by atoms with van der Waals surface area (Å²) in [6, 6.07) is 9.93. The molecule has 0 aliphatic carbocycles. The third-order valence-electron chi connectivity index (χ3n) is 4.38. The number of carbonyl (C=O) groups is 2. The van der Waals surface area contributed by atoms with Gasteiger partial charge in [0.1, 0.15) is 5.82 Å². The van der Waals surface area contributed by atoms with Crippen molar-refractivity contribution in [2.45, 2.75) is 26.3 Å². The minimum absolute atomic E-state index is 0.0152. The highest BCUT2D eigenvalue weighted by Crippen LogP contribution is 2.18. The standard InChI is InChI=1S/C18H22N4O2/c1-13(23)22-9-5-8-15(12-22)18(24)20-11-17-19-10-16(21-17)14-6-3-2-4-7-14/h2-4,6-7,10,15H,5,8-9,11-12H2,1H3,(H,19,21)(H,20,24). The van der Waals surface area contributed by atoms with Crippen LogP contribution < -0.4 is 5.32 Å². The number of H-pyrrole nitrogens is 1. The maximum atomic E-state index is 12.3. The molecule has 1 unspecified atom stereocenters. The normalized spacial score (nSPS) is 17.5. The summed E-state index contributed by atoms with van der Waals surface area (Å²) in [6.07, 6.45) is 3.47. The Morgan fingerprint density at radius 3 is 2.88 bits per heavy atom. The molecule has 0 spiro atoms. The molecule has 2 N–H and O–H groups in total. The molecule has 1 atom stereocenters. The van der Waals surface area contributed by atoms with Gasteiger partial charge in [-0.3, -0.25) is 9.59 Å². The molecular weight excluding hydrogens is 304 g/mol. The minimum Gasteiger partial charge on any atom is -0.349 e. The van der Waals surface area contributed by atoms with Crippen molar-refractivity contribution in [3.05, 3.63) is 42.4 Å². The molecule has 3 rings (SSSR count). The third kappa shape index (κ3) is 3.82. The Hall–Kier alpha value is -2.63. The van der Waals surface area contributed by atoms with Crippen LogP contribution in [0.25, 0.3) is 11.3 Å². The average molecular weight is 326 g/mol. The molecule has 1 saturated heterocycles. The van der Waals surface area contributed by atoms with E-state index in [1.54, 1.807) is 18.0 Å². The van der Waals surface area contributed by atoms with Crippen molar-refractivity contribution < 1.29 is 9.59 Å². The van der Waals surface area contributed by atoms with Gasteiger partial charge in [-0.05, 0) is 18.4 Å². The van der Waals surface area contributed by atoms with Crippen LogP contribution in [-0.4, -0.2) is 39.8 Å². The van der Waals surface area contributed by atoms with E-state index in [4.69, 9.17) is 0 Å². The fraction of sp³-hybridized carbons (Fsp3) is 0.389. The number of rotatable bonds is 4. The zero-order valence-corrected chi connectivity index (χ0v) is 13.8. The van der Waals surface area contributed by atoms with Crippen LogP contribution in [0, 0.1) is 5.92 Å². The number of hydrogen-bond donors (Lipinski definition) is 2. The molecule has 24 heavy (non-hydrogen) atoms. The second kappa shape index (κ2) is 7.29. The molecule has 126 valence electrons. The quantitative estimate of drug-likeness (QED) is 0.901. The monoisotopic (exact) mass is 326 g/mol. The van der Waals surface area contributed by atoms with Crippen LogP contribution in [0.15, 0.2) is 36.5 Å². The fourth-order valence-corrected chi connectivity index (χ4v) is 3.01. The summed E-state index contributed by atoms with van der Waals surface area (Å²) in [5, 5.41) is 2.92. The number of amides is 2. The van der Waals surface area contributed by atoms with Crippen LogP contribution in [0.5, 0.6) is 0 Å². The number of benzene rings is 1. The zero-order valence-electron chi connectivity index (χ0n) is 13.8. The molecule has 0 bridgehead atoms. The molecule has 0 radical (unpaired) electrons. The van der Waals surface area contributed by atoms with Gasteiger partial charge in [0.25, 0.3) is 0 Å². The van der Waals surface area contributed by atoms with Crippen LogP contribution in [0.2, 0.25) is 0 Å². The van der Waals surface area contributed by atoms with Crippen molar-refractivity contribution in [2.24, 2.45) is 5.92 Å². The number of nitrogens with one attached hydrogen (secondary N) is 2. The van der Waals surface area contributed by atoms with Crippen molar-refractivity contribution in [1.29, 1.82) is 0 Å². The number of aromatic amines is 1. The number of aromatic nitrogens is 2. The fourth-order valence-electron chi connectivity index (χ4n) is 3.01. The lowest BCUT2D eigenvalue weighted by atomic mass is 9.97. The van der Waals surface area contributed by atoms with E-state index in [9.17, 15) is 9.59 Å². The molecular formula is C18H22N4O2. The summed E-state index contributed by atoms with van der Waals surface area (Å²) in [4.78, 5) is 33.1. The molecule has 0 saturated carbocycles. The number of likely N-dealkylation sites (tertiary alicyclic amines) is 1. The Morgan fingerprint density at radius 2 is 2.12 bits per heavy atom. The van der Waals surface area contributed by atoms with E-state index in [0.29, 0.717) is 13.1 Å². The van der Waals surface area contributed by atoms with E-state index in [1.807, 2.05) is 30.3 Å². The van der Waals surface area contributed by atoms with Gasteiger partial charge in [-0.15, -0.1) is 0 Å². The van der Waals surface area contributed by atoms with Gasteiger partial charge < -0.3 is 15.2 Å². The van der Waals surface area contributed by atoms with Crippen LogP contribution in [0.1, 0.15) is 25.6 Å². The minimum atomic E-state index is -0.133. The predicted molar refractivity (Wildman–Crippen MR) is 90.8 cm³/mol. The van der Waals surface area contributed by atoms with E-state index < -0.39 is 0 Å². The van der Waals surface area contributed by atoms with E-state index in [-0.39, 0.29) is 17.7 Å². The lowest BCUT2D eigenvalue weighted by Gasteiger charge is -2.31. The average Bonchev–Trinajstić information content (AvgIpc) is 3.09. The van der Waals surface area contributed by atoms with E-state index in [1.165, 1.54) is 0 Å². The Bertz CT molecular complexity index is 711. The molecule has 2 aromatic rings. The van der Waals surface area contributed by atoms with Gasteiger partial charge in [0.2, 0.25) is 11.8 Å². The van der Waals surface area contributed by atoms with Crippen molar-refractivity contribution in [3.63, 3.8) is 0 Å². The van der Waals surface area contributed by atoms with Gasteiger partial charge >= 0.3 is 0 Å². The second-order valence-corrected chi connectivity index (χ2v) is 6.13. The van der Waals surface area contributed by atoms with E-state index in [2.05, 4.69) is 15.3 Å². The first-order chi connectivity index (χ1) is 11.6. The van der Waals surface area contributed by atoms with Gasteiger partial charge in [-0.2, -0.15) is 0 Å². The van der Waals surface area contributed by atoms with Crippen LogP contribution in [0.3, 0.4) is 0 Å². The smallest absolute Gasteiger partial charge is 0.225 e. The number of piperidine rings is 1. The SMILES string of the molecule is CC(=O)N1CCCC(C(=O)NCc2ncc(-c3ccccc3)[nH]2)C1. The highest BCUT2D eigenvalue weighted by atomic mass is 16.2. The van der Waals surface area contributed by atoms with Crippen LogP contribution >= 0.6 is 0 Å². The molecule has 2 amide bonds. The van der Waals surface area contributed by atoms with E-state index in [0.717, 1.165) is 36.5 Å². The van der Waals surface area contributed by atoms with Crippen LogP contribution in [0.4, 0.5) is 0 Å². The van der Waals surface area contributed by atoms with Gasteiger partial charge in [0.05, 0.1) is 24.4 Å². The molecule has 2 heterocycles. The number of hydrogen-bond acceptors (Lipinski definition) is 3. The molecule has 1 aromatic carbocycles. The lowest BCUT2D eigenvalue weighted by Crippen LogP contribution is -2.44. The zero-order chi connectivity index (χ0) is 16.9. The summed E-state index contributed by atoms with van der Waals surface area (Å²) < 4.78 is 0. The lowest BCUT2D eigenvalue weighted by molar-refractivity contribution is -0.134. The number of nitrogens with zero attached hydrogens (tertiary/aromatic N) is 2. The Kier molecular flexibility index (Phi) is 4.93. The highest BCUT2D eigenvalue weighted by Gasteiger charge is 2.26. The largest absolute Gasteiger partial charge is 0.349 e. The number of carbonyl (C=O) groups excluding carboxylic acids is 2. The Balaban J connectivity index is 1.55. The van der Waals surface area contributed by atoms with Crippen LogP contribution in [-0.2, 0) is 16.1 Å². The number of imidazole rings is 1. The summed E-state index contributed by atoms with van der Waals surface area (Å²) in [6.45, 7) is 3.17. The molecule has 1 aromatic heterocycles. The summed E-state index contributed by atoms with van der Waals surface area (Å²) in [5.74, 6) is 0.609. The Labute approximate surface area is 141 Å². The molecule has 1 aliphatic rings. The topological polar surface area (TPSA) is 78.1 Å². The van der Waals surface area contributed by atoms with E-state index >= 15 is 0 Å². The summed E-state index contributed by atoms with van der Waals surface area (Å²) >= 11 is 0. The second-order valence-electron chi connectivity index (χ2n) is 6.13. The first-order valence-electron chi connectivity index (χ1n) is 8.26. The maximum Gasteiger partial charge on any atom is 0.225 e. The van der Waals surface area contributed by atoms with Crippen molar-refractivity contribution in [3.8, 4) is 11.3 Å². The van der Waals surface area contributed by atoms with Gasteiger partial charge in [-0.1, -0.05) is 30.3 Å². The van der Waals surface area contributed by atoms with Gasteiger partial charge in [0.15, 0.2) is 0 Å². The van der Waals surface area contributed by atoms with Crippen molar-refractivity contribution in [2.75, 3.05) is 13.1 Å². The maximum absolute atomic E-state index is 12.3. The molecule has 1 aliphatic heterocycles. The van der Waals surface area contributed by atoms with Crippen molar-refractivity contribution >= 4 is 11.8 Å². The summed E-state index contributed by atoms with van der Waals surface area (Å²) in [7, 11) is 0. The first-order valence-corrected chi connectivity index (χ1v) is 8.26. The molecule has 6 nitrogen and oxygen atoms in total. The molecule has 1 fully saturated rings. The molecule has 6 heteroatoms.